The molecule has 1 aliphatic rings. The quantitative estimate of drug-likeness (QED) is 0.849. The van der Waals surface area contributed by atoms with Crippen LogP contribution in [0.2, 0.25) is 0 Å². The number of aryl methyl sites for hydroxylation is 1. The van der Waals surface area contributed by atoms with Gasteiger partial charge in [-0.15, -0.1) is 0 Å². The first-order valence-corrected chi connectivity index (χ1v) is 8.10. The highest BCUT2D eigenvalue weighted by molar-refractivity contribution is 5.25. The monoisotopic (exact) mass is 303 g/mol. The number of fused-ring (bicyclic) bond motifs is 1. The number of methoxy groups -OCH3 is 1. The van der Waals surface area contributed by atoms with Gasteiger partial charge >= 0.3 is 0 Å². The highest BCUT2D eigenvalue weighted by atomic mass is 16.5. The summed E-state index contributed by atoms with van der Waals surface area (Å²) in [7, 11) is 1.71. The van der Waals surface area contributed by atoms with E-state index in [2.05, 4.69) is 33.3 Å². The van der Waals surface area contributed by atoms with Crippen molar-refractivity contribution in [2.24, 2.45) is 0 Å². The molecule has 3 rings (SSSR count). The Morgan fingerprint density at radius 3 is 3.09 bits per heavy atom. The van der Waals surface area contributed by atoms with E-state index in [9.17, 15) is 0 Å². The molecule has 6 nitrogen and oxygen atoms in total. The summed E-state index contributed by atoms with van der Waals surface area (Å²) >= 11 is 0. The molecule has 0 amide bonds. The van der Waals surface area contributed by atoms with Crippen molar-refractivity contribution in [3.63, 3.8) is 0 Å². The fourth-order valence-electron chi connectivity index (χ4n) is 3.15. The van der Waals surface area contributed by atoms with Gasteiger partial charge in [0.1, 0.15) is 0 Å². The van der Waals surface area contributed by atoms with Gasteiger partial charge in [0.25, 0.3) is 0 Å². The fraction of sp³-hybridized carbons (Fsp3) is 0.625. The van der Waals surface area contributed by atoms with Gasteiger partial charge in [0.05, 0.1) is 25.5 Å². The van der Waals surface area contributed by atoms with Crippen LogP contribution in [0.15, 0.2) is 18.6 Å². The number of aromatic nitrogens is 4. The molecule has 1 aliphatic carbocycles. The van der Waals surface area contributed by atoms with Gasteiger partial charge in [-0.05, 0) is 26.2 Å². The van der Waals surface area contributed by atoms with Gasteiger partial charge in [-0.2, -0.15) is 10.2 Å². The summed E-state index contributed by atoms with van der Waals surface area (Å²) in [5.41, 5.74) is 3.99. The van der Waals surface area contributed by atoms with E-state index in [0.717, 1.165) is 26.1 Å². The molecule has 0 bridgehead atoms. The van der Waals surface area contributed by atoms with E-state index >= 15 is 0 Å². The maximum Gasteiger partial charge on any atom is 0.0658 e. The Labute approximate surface area is 131 Å². The molecule has 1 atom stereocenters. The zero-order valence-corrected chi connectivity index (χ0v) is 13.5. The number of nitrogens with zero attached hydrogens (tertiary/aromatic N) is 4. The van der Waals surface area contributed by atoms with Crippen molar-refractivity contribution in [1.29, 1.82) is 0 Å². The lowest BCUT2D eigenvalue weighted by Gasteiger charge is -2.24. The van der Waals surface area contributed by atoms with E-state index in [1.807, 2.05) is 17.1 Å². The molecule has 0 spiro atoms. The first kappa shape index (κ1) is 15.2. The number of rotatable bonds is 7. The summed E-state index contributed by atoms with van der Waals surface area (Å²) in [5, 5.41) is 12.5. The van der Waals surface area contributed by atoms with Crippen molar-refractivity contribution < 1.29 is 4.74 Å². The largest absolute Gasteiger partial charge is 0.383 e. The standard InChI is InChI=1S/C16H25N5O/c1-3-21-16-6-4-5-15(14(16)11-19-21)17-9-13-10-18-20(12-13)7-8-22-2/h10-12,15,17H,3-9H2,1-2H3/t15-/m1/s1. The first-order chi connectivity index (χ1) is 10.8. The van der Waals surface area contributed by atoms with E-state index < -0.39 is 0 Å². The minimum atomic E-state index is 0.409. The molecule has 0 aliphatic heterocycles. The third-order valence-corrected chi connectivity index (χ3v) is 4.33. The summed E-state index contributed by atoms with van der Waals surface area (Å²) < 4.78 is 9.14. The Kier molecular flexibility index (Phi) is 4.90. The van der Waals surface area contributed by atoms with E-state index in [1.54, 1.807) is 7.11 Å². The molecule has 2 aromatic rings. The van der Waals surface area contributed by atoms with Crippen LogP contribution >= 0.6 is 0 Å². The zero-order chi connectivity index (χ0) is 15.4. The third kappa shape index (κ3) is 3.23. The van der Waals surface area contributed by atoms with Crippen LogP contribution in [-0.2, 0) is 30.8 Å². The summed E-state index contributed by atoms with van der Waals surface area (Å²) in [6.45, 7) is 5.44. The van der Waals surface area contributed by atoms with Crippen molar-refractivity contribution in [1.82, 2.24) is 24.9 Å². The fourth-order valence-corrected chi connectivity index (χ4v) is 3.15. The average molecular weight is 303 g/mol. The smallest absolute Gasteiger partial charge is 0.0658 e. The van der Waals surface area contributed by atoms with Gasteiger partial charge in [-0.3, -0.25) is 9.36 Å². The highest BCUT2D eigenvalue weighted by Crippen LogP contribution is 2.29. The predicted octanol–water partition coefficient (Wildman–Crippen LogP) is 1.91. The summed E-state index contributed by atoms with van der Waals surface area (Å²) in [6.07, 6.45) is 9.62. The van der Waals surface area contributed by atoms with Crippen LogP contribution in [0, 0.1) is 0 Å². The maximum atomic E-state index is 5.08. The van der Waals surface area contributed by atoms with Gasteiger partial charge in [-0.1, -0.05) is 0 Å². The molecule has 0 aromatic carbocycles. The lowest BCUT2D eigenvalue weighted by Crippen LogP contribution is -2.25. The highest BCUT2D eigenvalue weighted by Gasteiger charge is 2.23. The molecular formula is C16H25N5O. The van der Waals surface area contributed by atoms with Crippen LogP contribution in [-0.4, -0.2) is 33.3 Å². The molecule has 0 unspecified atom stereocenters. The van der Waals surface area contributed by atoms with Crippen molar-refractivity contribution in [3.8, 4) is 0 Å². The van der Waals surface area contributed by atoms with E-state index in [1.165, 1.54) is 29.7 Å². The van der Waals surface area contributed by atoms with Crippen molar-refractivity contribution in [2.75, 3.05) is 13.7 Å². The van der Waals surface area contributed by atoms with E-state index in [-0.39, 0.29) is 0 Å². The second-order valence-electron chi connectivity index (χ2n) is 5.79. The molecule has 22 heavy (non-hydrogen) atoms. The SMILES string of the molecule is CCn1ncc2c1CCC[C@H]2NCc1cnn(CCOC)c1. The minimum absolute atomic E-state index is 0.409. The Hall–Kier alpha value is -1.66. The average Bonchev–Trinajstić information content (AvgIpc) is 3.17. The van der Waals surface area contributed by atoms with Gasteiger partial charge in [0.2, 0.25) is 0 Å². The van der Waals surface area contributed by atoms with Crippen LogP contribution in [0.1, 0.15) is 42.6 Å². The lowest BCUT2D eigenvalue weighted by molar-refractivity contribution is 0.183. The molecule has 6 heteroatoms. The Morgan fingerprint density at radius 1 is 1.36 bits per heavy atom. The van der Waals surface area contributed by atoms with Gasteiger partial charge in [0, 0.05) is 49.3 Å². The summed E-state index contributed by atoms with van der Waals surface area (Å²) in [4.78, 5) is 0. The molecule has 0 saturated carbocycles. The van der Waals surface area contributed by atoms with Crippen LogP contribution in [0.4, 0.5) is 0 Å². The van der Waals surface area contributed by atoms with E-state index in [4.69, 9.17) is 4.74 Å². The number of ether oxygens (including phenoxy) is 1. The molecular weight excluding hydrogens is 278 g/mol. The summed E-state index contributed by atoms with van der Waals surface area (Å²) in [5.74, 6) is 0. The van der Waals surface area contributed by atoms with Gasteiger partial charge < -0.3 is 10.1 Å². The molecule has 0 radical (unpaired) electrons. The predicted molar refractivity (Wildman–Crippen MR) is 84.5 cm³/mol. The number of hydrogen-bond acceptors (Lipinski definition) is 4. The van der Waals surface area contributed by atoms with Crippen molar-refractivity contribution in [3.05, 3.63) is 35.4 Å². The van der Waals surface area contributed by atoms with Gasteiger partial charge in [-0.25, -0.2) is 0 Å². The molecule has 2 aromatic heterocycles. The molecule has 0 saturated heterocycles. The van der Waals surface area contributed by atoms with Gasteiger partial charge in [0.15, 0.2) is 0 Å². The Balaban J connectivity index is 1.60. The van der Waals surface area contributed by atoms with Crippen LogP contribution < -0.4 is 5.32 Å². The van der Waals surface area contributed by atoms with Crippen molar-refractivity contribution >= 4 is 0 Å². The zero-order valence-electron chi connectivity index (χ0n) is 13.5. The van der Waals surface area contributed by atoms with Crippen LogP contribution in [0.25, 0.3) is 0 Å². The Bertz CT molecular complexity index is 603. The molecule has 2 heterocycles. The number of nitrogens with one attached hydrogen (secondary N) is 1. The third-order valence-electron chi connectivity index (χ3n) is 4.33. The summed E-state index contributed by atoms with van der Waals surface area (Å²) in [6, 6.07) is 0.409. The molecule has 120 valence electrons. The first-order valence-electron chi connectivity index (χ1n) is 8.10. The minimum Gasteiger partial charge on any atom is -0.383 e. The molecule has 0 fully saturated rings. The second kappa shape index (κ2) is 7.07. The Morgan fingerprint density at radius 2 is 2.27 bits per heavy atom. The van der Waals surface area contributed by atoms with Crippen LogP contribution in [0.3, 0.4) is 0 Å². The number of hydrogen-bond donors (Lipinski definition) is 1. The second-order valence-corrected chi connectivity index (χ2v) is 5.79. The molecule has 1 N–H and O–H groups in total. The lowest BCUT2D eigenvalue weighted by atomic mass is 9.93. The topological polar surface area (TPSA) is 56.9 Å². The van der Waals surface area contributed by atoms with E-state index in [0.29, 0.717) is 12.6 Å². The van der Waals surface area contributed by atoms with Crippen molar-refractivity contribution in [2.45, 2.75) is 51.9 Å². The van der Waals surface area contributed by atoms with Crippen LogP contribution in [0.5, 0.6) is 0 Å². The maximum absolute atomic E-state index is 5.08. The normalized spacial score (nSPS) is 17.6.